The van der Waals surface area contributed by atoms with Crippen molar-refractivity contribution in [1.29, 1.82) is 0 Å². The molecule has 82 valence electrons. The van der Waals surface area contributed by atoms with Crippen LogP contribution < -0.4 is 11.5 Å². The highest BCUT2D eigenvalue weighted by molar-refractivity contribution is 5.78. The van der Waals surface area contributed by atoms with Crippen LogP contribution in [0.4, 0.5) is 5.69 Å². The van der Waals surface area contributed by atoms with Gasteiger partial charge in [0.25, 0.3) is 5.09 Å². The van der Waals surface area contributed by atoms with Crippen LogP contribution >= 0.6 is 0 Å². The first kappa shape index (κ1) is 12.7. The maximum absolute atomic E-state index is 8.36. The quantitative estimate of drug-likeness (QED) is 0.271. The SMILES string of the molecule is Cc1ccc(N=C(N)N)cc1.O=[N+]([O-])O. The zero-order chi connectivity index (χ0) is 11.8. The first-order valence-corrected chi connectivity index (χ1v) is 3.91. The minimum absolute atomic E-state index is 0.0915. The molecule has 5 N–H and O–H groups in total. The van der Waals surface area contributed by atoms with Gasteiger partial charge in [-0.05, 0) is 19.1 Å². The topological polar surface area (TPSA) is 128 Å². The van der Waals surface area contributed by atoms with Crippen LogP contribution in [-0.4, -0.2) is 16.3 Å². The molecule has 0 aromatic heterocycles. The monoisotopic (exact) mass is 212 g/mol. The van der Waals surface area contributed by atoms with Crippen LogP contribution in [0.15, 0.2) is 29.3 Å². The molecule has 0 saturated heterocycles. The van der Waals surface area contributed by atoms with Gasteiger partial charge in [-0.25, -0.2) is 4.99 Å². The molecule has 1 aromatic carbocycles. The molecule has 7 nitrogen and oxygen atoms in total. The van der Waals surface area contributed by atoms with E-state index in [0.717, 1.165) is 5.69 Å². The summed E-state index contributed by atoms with van der Waals surface area (Å²) in [6, 6.07) is 7.66. The molecule has 0 aliphatic rings. The van der Waals surface area contributed by atoms with E-state index in [1.165, 1.54) is 5.56 Å². The van der Waals surface area contributed by atoms with Gasteiger partial charge in [-0.3, -0.25) is 0 Å². The molecule has 15 heavy (non-hydrogen) atoms. The molecular formula is C8H12N4O3. The molecule has 0 unspecified atom stereocenters. The van der Waals surface area contributed by atoms with Gasteiger partial charge in [-0.1, -0.05) is 17.7 Å². The van der Waals surface area contributed by atoms with E-state index < -0.39 is 5.09 Å². The lowest BCUT2D eigenvalue weighted by atomic mass is 10.2. The number of rotatable bonds is 1. The second kappa shape index (κ2) is 6.19. The fourth-order valence-electron chi connectivity index (χ4n) is 0.768. The Bertz CT molecular complexity index is 339. The maximum Gasteiger partial charge on any atom is 0.291 e. The highest BCUT2D eigenvalue weighted by atomic mass is 16.9. The summed E-state index contributed by atoms with van der Waals surface area (Å²) in [6.07, 6.45) is 0. The first-order chi connectivity index (χ1) is 6.91. The summed E-state index contributed by atoms with van der Waals surface area (Å²) in [7, 11) is 0. The molecule has 1 rings (SSSR count). The van der Waals surface area contributed by atoms with Crippen LogP contribution in [0.3, 0.4) is 0 Å². The second-order valence-electron chi connectivity index (χ2n) is 2.61. The lowest BCUT2D eigenvalue weighted by Gasteiger charge is -1.94. The van der Waals surface area contributed by atoms with E-state index in [1.807, 2.05) is 31.2 Å². The molecule has 0 radical (unpaired) electrons. The van der Waals surface area contributed by atoms with Crippen LogP contribution in [0.2, 0.25) is 0 Å². The summed E-state index contributed by atoms with van der Waals surface area (Å²) in [5.74, 6) is 0.0915. The van der Waals surface area contributed by atoms with Crippen molar-refractivity contribution in [2.75, 3.05) is 0 Å². The zero-order valence-electron chi connectivity index (χ0n) is 8.12. The number of nitrogens with two attached hydrogens (primary N) is 2. The Morgan fingerprint density at radius 1 is 1.40 bits per heavy atom. The van der Waals surface area contributed by atoms with Gasteiger partial charge in [-0.15, -0.1) is 10.1 Å². The fourth-order valence-corrected chi connectivity index (χ4v) is 0.768. The van der Waals surface area contributed by atoms with Gasteiger partial charge in [0.2, 0.25) is 0 Å². The van der Waals surface area contributed by atoms with Crippen molar-refractivity contribution < 1.29 is 10.3 Å². The molecule has 1 aromatic rings. The van der Waals surface area contributed by atoms with Crippen molar-refractivity contribution in [3.8, 4) is 0 Å². The van der Waals surface area contributed by atoms with E-state index in [1.54, 1.807) is 0 Å². The third kappa shape index (κ3) is 8.03. The minimum atomic E-state index is -1.50. The van der Waals surface area contributed by atoms with Gasteiger partial charge in [-0.2, -0.15) is 0 Å². The van der Waals surface area contributed by atoms with E-state index in [9.17, 15) is 0 Å². The molecule has 0 aliphatic carbocycles. The Balaban J connectivity index is 0.000000423. The average Bonchev–Trinajstić information content (AvgIpc) is 2.07. The highest BCUT2D eigenvalue weighted by Crippen LogP contribution is 2.11. The molecule has 0 heterocycles. The van der Waals surface area contributed by atoms with Crippen LogP contribution in [-0.2, 0) is 0 Å². The van der Waals surface area contributed by atoms with E-state index in [-0.39, 0.29) is 5.96 Å². The normalized spacial score (nSPS) is 8.33. The largest absolute Gasteiger partial charge is 0.370 e. The molecule has 0 aliphatic heterocycles. The first-order valence-electron chi connectivity index (χ1n) is 3.91. The van der Waals surface area contributed by atoms with Crippen molar-refractivity contribution >= 4 is 11.6 Å². The molecule has 0 fully saturated rings. The lowest BCUT2D eigenvalue weighted by molar-refractivity contribution is -0.742. The van der Waals surface area contributed by atoms with Crippen LogP contribution in [0.25, 0.3) is 0 Å². The Morgan fingerprint density at radius 3 is 2.13 bits per heavy atom. The number of hydrogen-bond acceptors (Lipinski definition) is 3. The number of aliphatic imine (C=N–C) groups is 1. The van der Waals surface area contributed by atoms with Gasteiger partial charge in [0.15, 0.2) is 5.96 Å². The molecule has 7 heteroatoms. The third-order valence-corrected chi connectivity index (χ3v) is 1.29. The number of aryl methyl sites for hydroxylation is 1. The Hall–Kier alpha value is -2.31. The van der Waals surface area contributed by atoms with Crippen molar-refractivity contribution in [3.63, 3.8) is 0 Å². The highest BCUT2D eigenvalue weighted by Gasteiger charge is 1.87. The van der Waals surface area contributed by atoms with E-state index >= 15 is 0 Å². The smallest absolute Gasteiger partial charge is 0.291 e. The van der Waals surface area contributed by atoms with Gasteiger partial charge < -0.3 is 16.7 Å². The average molecular weight is 212 g/mol. The van der Waals surface area contributed by atoms with Crippen LogP contribution in [0.1, 0.15) is 5.56 Å². The second-order valence-corrected chi connectivity index (χ2v) is 2.61. The minimum Gasteiger partial charge on any atom is -0.370 e. The molecular weight excluding hydrogens is 200 g/mol. The Morgan fingerprint density at radius 2 is 1.80 bits per heavy atom. The summed E-state index contributed by atoms with van der Waals surface area (Å²) in [6.45, 7) is 2.01. The van der Waals surface area contributed by atoms with E-state index in [4.69, 9.17) is 26.8 Å². The summed E-state index contributed by atoms with van der Waals surface area (Å²) in [4.78, 5) is 12.2. The summed E-state index contributed by atoms with van der Waals surface area (Å²) in [5.41, 5.74) is 12.4. The number of hydrogen-bond donors (Lipinski definition) is 3. The summed E-state index contributed by atoms with van der Waals surface area (Å²) >= 11 is 0. The standard InChI is InChI=1S/C8H11N3.HNO3/c1-6-2-4-7(5-3-6)11-8(9)10;2-1(3)4/h2-5H,1H3,(H4,9,10,11);(H,2,3,4). The molecule has 0 atom stereocenters. The molecule has 0 bridgehead atoms. The third-order valence-electron chi connectivity index (χ3n) is 1.29. The number of guanidine groups is 1. The van der Waals surface area contributed by atoms with Crippen molar-refractivity contribution in [2.24, 2.45) is 16.5 Å². The van der Waals surface area contributed by atoms with Crippen LogP contribution in [0.5, 0.6) is 0 Å². The zero-order valence-corrected chi connectivity index (χ0v) is 8.12. The molecule has 0 amide bonds. The van der Waals surface area contributed by atoms with Gasteiger partial charge >= 0.3 is 0 Å². The van der Waals surface area contributed by atoms with Crippen molar-refractivity contribution in [1.82, 2.24) is 0 Å². The van der Waals surface area contributed by atoms with E-state index in [2.05, 4.69) is 4.99 Å². The number of nitrogens with zero attached hydrogens (tertiary/aromatic N) is 2. The lowest BCUT2D eigenvalue weighted by Crippen LogP contribution is -2.21. The predicted molar refractivity (Wildman–Crippen MR) is 55.4 cm³/mol. The number of benzene rings is 1. The van der Waals surface area contributed by atoms with Crippen LogP contribution in [0, 0.1) is 17.0 Å². The molecule has 0 spiro atoms. The Labute approximate surface area is 86.1 Å². The van der Waals surface area contributed by atoms with Gasteiger partial charge in [0.05, 0.1) is 5.69 Å². The van der Waals surface area contributed by atoms with Gasteiger partial charge in [0.1, 0.15) is 0 Å². The van der Waals surface area contributed by atoms with Crippen molar-refractivity contribution in [3.05, 3.63) is 39.9 Å². The predicted octanol–water partition coefficient (Wildman–Crippen LogP) is 0.552. The van der Waals surface area contributed by atoms with Crippen molar-refractivity contribution in [2.45, 2.75) is 6.92 Å². The summed E-state index contributed by atoms with van der Waals surface area (Å²) in [5, 5.41) is 13.6. The molecule has 0 saturated carbocycles. The maximum atomic E-state index is 8.36. The fraction of sp³-hybridized carbons (Fsp3) is 0.125. The summed E-state index contributed by atoms with van der Waals surface area (Å²) < 4.78 is 0. The van der Waals surface area contributed by atoms with E-state index in [0.29, 0.717) is 0 Å². The Kier molecular flexibility index (Phi) is 5.24. The van der Waals surface area contributed by atoms with Gasteiger partial charge in [0, 0.05) is 0 Å².